The average molecular weight is 238 g/mol. The predicted molar refractivity (Wildman–Crippen MR) is 77.4 cm³/mol. The van der Waals surface area contributed by atoms with Crippen LogP contribution in [-0.4, -0.2) is 25.3 Å². The zero-order chi connectivity index (χ0) is 12.2. The number of nitrogens with zero attached hydrogens (tertiary/aromatic N) is 1. The normalized spacial score (nSPS) is 20.6. The van der Waals surface area contributed by atoms with E-state index in [-0.39, 0.29) is 0 Å². The number of hydrogen-bond acceptors (Lipinski definition) is 2. The van der Waals surface area contributed by atoms with E-state index in [4.69, 9.17) is 4.99 Å². The molecular formula is C16H18N2. The maximum Gasteiger partial charge on any atom is 0.0624 e. The highest BCUT2D eigenvalue weighted by Gasteiger charge is 2.10. The van der Waals surface area contributed by atoms with Crippen LogP contribution < -0.4 is 5.32 Å². The molecule has 0 unspecified atom stereocenters. The van der Waals surface area contributed by atoms with Gasteiger partial charge in [-0.05, 0) is 30.2 Å². The minimum atomic E-state index is 0.442. The second-order valence-corrected chi connectivity index (χ2v) is 4.85. The minimum absolute atomic E-state index is 0.442. The van der Waals surface area contributed by atoms with Crippen LogP contribution in [0.3, 0.4) is 0 Å². The van der Waals surface area contributed by atoms with Gasteiger partial charge in [0.15, 0.2) is 0 Å². The standard InChI is InChI=1S/C16H18N2/c1-2-9-16-13(5-1)6-3-7-14(16)11-18-15-8-4-10-17-12-15/h1-3,5-7,9,11,15,17H,4,8,10,12H2/t15-/m1/s1. The molecule has 1 aliphatic rings. The number of rotatable bonds is 2. The number of fused-ring (bicyclic) bond motifs is 1. The van der Waals surface area contributed by atoms with Crippen LogP contribution in [-0.2, 0) is 0 Å². The maximum absolute atomic E-state index is 4.72. The van der Waals surface area contributed by atoms with E-state index in [1.807, 2.05) is 6.21 Å². The summed E-state index contributed by atoms with van der Waals surface area (Å²) in [5.41, 5.74) is 1.22. The van der Waals surface area contributed by atoms with Crippen molar-refractivity contribution in [3.05, 3.63) is 48.0 Å². The summed E-state index contributed by atoms with van der Waals surface area (Å²) in [5.74, 6) is 0. The smallest absolute Gasteiger partial charge is 0.0624 e. The molecule has 1 heterocycles. The first-order valence-corrected chi connectivity index (χ1v) is 6.65. The number of aliphatic imine (C=N–C) groups is 1. The Bertz CT molecular complexity index is 549. The fourth-order valence-corrected chi connectivity index (χ4v) is 2.51. The summed E-state index contributed by atoms with van der Waals surface area (Å²) in [7, 11) is 0. The van der Waals surface area contributed by atoms with Crippen molar-refractivity contribution in [2.75, 3.05) is 13.1 Å². The van der Waals surface area contributed by atoms with Crippen LogP contribution in [0.1, 0.15) is 18.4 Å². The largest absolute Gasteiger partial charge is 0.315 e. The molecule has 0 aliphatic carbocycles. The summed E-state index contributed by atoms with van der Waals surface area (Å²) in [4.78, 5) is 4.72. The molecule has 18 heavy (non-hydrogen) atoms. The molecule has 0 amide bonds. The zero-order valence-electron chi connectivity index (χ0n) is 10.5. The highest BCUT2D eigenvalue weighted by Crippen LogP contribution is 2.17. The van der Waals surface area contributed by atoms with Gasteiger partial charge in [-0.3, -0.25) is 4.99 Å². The van der Waals surface area contributed by atoms with Gasteiger partial charge in [-0.1, -0.05) is 42.5 Å². The first-order valence-electron chi connectivity index (χ1n) is 6.65. The molecule has 2 aromatic rings. The zero-order valence-corrected chi connectivity index (χ0v) is 10.5. The van der Waals surface area contributed by atoms with Gasteiger partial charge in [0.1, 0.15) is 0 Å². The van der Waals surface area contributed by atoms with E-state index in [9.17, 15) is 0 Å². The highest BCUT2D eigenvalue weighted by atomic mass is 14.9. The van der Waals surface area contributed by atoms with Crippen molar-refractivity contribution in [2.24, 2.45) is 4.99 Å². The monoisotopic (exact) mass is 238 g/mol. The van der Waals surface area contributed by atoms with Crippen LogP contribution in [0.4, 0.5) is 0 Å². The average Bonchev–Trinajstić information content (AvgIpc) is 2.46. The van der Waals surface area contributed by atoms with Gasteiger partial charge < -0.3 is 5.32 Å². The number of hydrogen-bond donors (Lipinski definition) is 1. The van der Waals surface area contributed by atoms with Crippen LogP contribution in [0.2, 0.25) is 0 Å². The third-order valence-corrected chi connectivity index (χ3v) is 3.52. The number of piperidine rings is 1. The van der Waals surface area contributed by atoms with Gasteiger partial charge in [-0.25, -0.2) is 0 Å². The molecule has 0 radical (unpaired) electrons. The molecule has 0 spiro atoms. The van der Waals surface area contributed by atoms with Crippen LogP contribution in [0.15, 0.2) is 47.5 Å². The van der Waals surface area contributed by atoms with E-state index in [0.717, 1.165) is 13.1 Å². The molecule has 0 aromatic heterocycles. The molecule has 1 aliphatic heterocycles. The molecule has 92 valence electrons. The quantitative estimate of drug-likeness (QED) is 0.799. The van der Waals surface area contributed by atoms with Crippen molar-refractivity contribution in [1.29, 1.82) is 0 Å². The van der Waals surface area contributed by atoms with E-state index in [1.54, 1.807) is 0 Å². The van der Waals surface area contributed by atoms with Crippen molar-refractivity contribution in [1.82, 2.24) is 5.32 Å². The summed E-state index contributed by atoms with van der Waals surface area (Å²) >= 11 is 0. The molecule has 1 saturated heterocycles. The lowest BCUT2D eigenvalue weighted by Crippen LogP contribution is -2.32. The Morgan fingerprint density at radius 2 is 2.00 bits per heavy atom. The molecule has 3 rings (SSSR count). The molecule has 2 aromatic carbocycles. The molecule has 1 N–H and O–H groups in total. The maximum atomic E-state index is 4.72. The summed E-state index contributed by atoms with van der Waals surface area (Å²) < 4.78 is 0. The lowest BCUT2D eigenvalue weighted by molar-refractivity contribution is 0.462. The van der Waals surface area contributed by atoms with E-state index >= 15 is 0 Å². The summed E-state index contributed by atoms with van der Waals surface area (Å²) in [6, 6.07) is 15.3. The minimum Gasteiger partial charge on any atom is -0.315 e. The number of benzene rings is 2. The Hall–Kier alpha value is -1.67. The van der Waals surface area contributed by atoms with Gasteiger partial charge in [0.2, 0.25) is 0 Å². The van der Waals surface area contributed by atoms with Gasteiger partial charge in [0.05, 0.1) is 6.04 Å². The predicted octanol–water partition coefficient (Wildman–Crippen LogP) is 3.01. The van der Waals surface area contributed by atoms with Crippen LogP contribution in [0.25, 0.3) is 10.8 Å². The molecule has 0 saturated carbocycles. The van der Waals surface area contributed by atoms with Crippen molar-refractivity contribution in [3.8, 4) is 0 Å². The fraction of sp³-hybridized carbons (Fsp3) is 0.312. The SMILES string of the molecule is C(=N[C@@H]1CCCNC1)c1cccc2ccccc12. The molecule has 1 atom stereocenters. The topological polar surface area (TPSA) is 24.4 Å². The van der Waals surface area contributed by atoms with Gasteiger partial charge in [0, 0.05) is 18.3 Å². The second-order valence-electron chi connectivity index (χ2n) is 4.85. The van der Waals surface area contributed by atoms with Crippen molar-refractivity contribution < 1.29 is 0 Å². The third-order valence-electron chi connectivity index (χ3n) is 3.52. The fourth-order valence-electron chi connectivity index (χ4n) is 2.51. The Kier molecular flexibility index (Phi) is 3.37. The van der Waals surface area contributed by atoms with Crippen molar-refractivity contribution in [2.45, 2.75) is 18.9 Å². The van der Waals surface area contributed by atoms with E-state index in [1.165, 1.54) is 29.2 Å². The summed E-state index contributed by atoms with van der Waals surface area (Å²) in [6.45, 7) is 2.15. The van der Waals surface area contributed by atoms with Gasteiger partial charge in [0.25, 0.3) is 0 Å². The second kappa shape index (κ2) is 5.32. The summed E-state index contributed by atoms with van der Waals surface area (Å²) in [5, 5.41) is 5.96. The van der Waals surface area contributed by atoms with Gasteiger partial charge in [-0.2, -0.15) is 0 Å². The molecule has 2 heteroatoms. The Labute approximate surface area is 108 Å². The Balaban J connectivity index is 1.87. The Morgan fingerprint density at radius 1 is 1.11 bits per heavy atom. The van der Waals surface area contributed by atoms with E-state index < -0.39 is 0 Å². The molecule has 1 fully saturated rings. The van der Waals surface area contributed by atoms with Crippen LogP contribution in [0.5, 0.6) is 0 Å². The van der Waals surface area contributed by atoms with E-state index in [2.05, 4.69) is 47.8 Å². The van der Waals surface area contributed by atoms with E-state index in [0.29, 0.717) is 6.04 Å². The van der Waals surface area contributed by atoms with Gasteiger partial charge in [-0.15, -0.1) is 0 Å². The first-order chi connectivity index (χ1) is 8.93. The third kappa shape index (κ3) is 2.44. The number of nitrogens with one attached hydrogen (secondary N) is 1. The van der Waals surface area contributed by atoms with Gasteiger partial charge >= 0.3 is 0 Å². The summed E-state index contributed by atoms with van der Waals surface area (Å²) in [6.07, 6.45) is 4.48. The van der Waals surface area contributed by atoms with Crippen LogP contribution >= 0.6 is 0 Å². The van der Waals surface area contributed by atoms with Crippen molar-refractivity contribution >= 4 is 17.0 Å². The molecule has 2 nitrogen and oxygen atoms in total. The molecule has 0 bridgehead atoms. The Morgan fingerprint density at radius 3 is 2.89 bits per heavy atom. The highest BCUT2D eigenvalue weighted by molar-refractivity contribution is 5.99. The molecular weight excluding hydrogens is 220 g/mol. The first kappa shape index (κ1) is 11.4. The van der Waals surface area contributed by atoms with Crippen molar-refractivity contribution in [3.63, 3.8) is 0 Å². The lowest BCUT2D eigenvalue weighted by Gasteiger charge is -2.18. The lowest BCUT2D eigenvalue weighted by atomic mass is 10.0. The van der Waals surface area contributed by atoms with Crippen LogP contribution in [0, 0.1) is 0 Å².